The van der Waals surface area contributed by atoms with Gasteiger partial charge in [0.2, 0.25) is 0 Å². The summed E-state index contributed by atoms with van der Waals surface area (Å²) in [5.41, 5.74) is 4.01. The number of benzene rings is 4. The lowest BCUT2D eigenvalue weighted by atomic mass is 9.93. The van der Waals surface area contributed by atoms with Crippen molar-refractivity contribution in [2.75, 3.05) is 7.05 Å². The Bertz CT molecular complexity index is 1470. The predicted octanol–water partition coefficient (Wildman–Crippen LogP) is 6.66. The lowest BCUT2D eigenvalue weighted by Gasteiger charge is -2.36. The number of amides is 3. The second-order valence-electron chi connectivity index (χ2n) is 10.6. The summed E-state index contributed by atoms with van der Waals surface area (Å²) in [5, 5.41) is 0. The highest BCUT2D eigenvalue weighted by molar-refractivity contribution is 6.02. The Morgan fingerprint density at radius 3 is 1.78 bits per heavy atom. The summed E-state index contributed by atoms with van der Waals surface area (Å²) < 4.78 is 0. The molecular weight excluding hydrogens is 510 g/mol. The van der Waals surface area contributed by atoms with E-state index in [1.807, 2.05) is 116 Å². The smallest absolute Gasteiger partial charge is 0.322 e. The number of urea groups is 1. The van der Waals surface area contributed by atoms with Gasteiger partial charge in [0.05, 0.1) is 12.1 Å². The first-order valence-corrected chi connectivity index (χ1v) is 13.9. The van der Waals surface area contributed by atoms with Crippen molar-refractivity contribution >= 4 is 17.7 Å². The molecule has 41 heavy (non-hydrogen) atoms. The van der Waals surface area contributed by atoms with Crippen molar-refractivity contribution in [2.24, 2.45) is 0 Å². The normalized spacial score (nSPS) is 17.6. The molecule has 0 spiro atoms. The SMILES string of the molecule is CC(=O)c1ccccc1[C@@H](C(=O)N1C(=O)N(C)[C@@H](C)[C@H]1c1ccccc1)N(Cc1ccccc1)Cc1ccccc1. The molecule has 1 saturated heterocycles. The van der Waals surface area contributed by atoms with E-state index in [0.717, 1.165) is 16.7 Å². The minimum Gasteiger partial charge on any atom is -0.322 e. The number of imide groups is 1. The fraction of sp³-hybridized carbons (Fsp3) is 0.229. The van der Waals surface area contributed by atoms with Gasteiger partial charge in [-0.25, -0.2) is 4.79 Å². The van der Waals surface area contributed by atoms with Crippen LogP contribution in [-0.2, 0) is 17.9 Å². The van der Waals surface area contributed by atoms with E-state index in [4.69, 9.17) is 0 Å². The van der Waals surface area contributed by atoms with Gasteiger partial charge in [0, 0.05) is 25.7 Å². The number of ketones is 1. The van der Waals surface area contributed by atoms with Gasteiger partial charge in [0.25, 0.3) is 5.91 Å². The van der Waals surface area contributed by atoms with E-state index in [2.05, 4.69) is 4.90 Å². The van der Waals surface area contributed by atoms with Gasteiger partial charge in [-0.3, -0.25) is 19.4 Å². The lowest BCUT2D eigenvalue weighted by Crippen LogP contribution is -2.45. The summed E-state index contributed by atoms with van der Waals surface area (Å²) >= 11 is 0. The van der Waals surface area contributed by atoms with Crippen molar-refractivity contribution in [3.63, 3.8) is 0 Å². The molecule has 0 unspecified atom stereocenters. The van der Waals surface area contributed by atoms with Crippen molar-refractivity contribution in [3.8, 4) is 0 Å². The average molecular weight is 546 g/mol. The topological polar surface area (TPSA) is 60.9 Å². The Balaban J connectivity index is 1.67. The molecule has 3 amide bonds. The molecule has 3 atom stereocenters. The van der Waals surface area contributed by atoms with Crippen molar-refractivity contribution in [1.29, 1.82) is 0 Å². The van der Waals surface area contributed by atoms with Crippen LogP contribution < -0.4 is 0 Å². The average Bonchev–Trinajstić information content (AvgIpc) is 3.22. The van der Waals surface area contributed by atoms with Gasteiger partial charge < -0.3 is 4.90 Å². The largest absolute Gasteiger partial charge is 0.327 e. The molecule has 5 rings (SSSR count). The highest BCUT2D eigenvalue weighted by atomic mass is 16.2. The molecule has 1 aliphatic heterocycles. The molecule has 4 aromatic carbocycles. The molecule has 6 heteroatoms. The number of nitrogens with zero attached hydrogens (tertiary/aromatic N) is 3. The van der Waals surface area contributed by atoms with E-state index >= 15 is 0 Å². The van der Waals surface area contributed by atoms with Crippen molar-refractivity contribution in [2.45, 2.75) is 45.1 Å². The zero-order chi connectivity index (χ0) is 28.9. The molecule has 1 fully saturated rings. The fourth-order valence-corrected chi connectivity index (χ4v) is 5.75. The maximum absolute atomic E-state index is 15.0. The van der Waals surface area contributed by atoms with Crippen LogP contribution >= 0.6 is 0 Å². The van der Waals surface area contributed by atoms with Crippen molar-refractivity contribution in [3.05, 3.63) is 143 Å². The zero-order valence-corrected chi connectivity index (χ0v) is 23.7. The first kappa shape index (κ1) is 28.0. The molecule has 0 aliphatic carbocycles. The van der Waals surface area contributed by atoms with Crippen molar-refractivity contribution < 1.29 is 14.4 Å². The first-order chi connectivity index (χ1) is 19.9. The number of likely N-dealkylation sites (N-methyl/N-ethyl adjacent to an activating group) is 1. The molecule has 1 heterocycles. The Morgan fingerprint density at radius 1 is 0.756 bits per heavy atom. The summed E-state index contributed by atoms with van der Waals surface area (Å²) in [6, 6.07) is 34.9. The predicted molar refractivity (Wildman–Crippen MR) is 160 cm³/mol. The molecule has 6 nitrogen and oxygen atoms in total. The first-order valence-electron chi connectivity index (χ1n) is 13.9. The summed E-state index contributed by atoms with van der Waals surface area (Å²) in [7, 11) is 1.74. The molecule has 0 radical (unpaired) electrons. The molecular formula is C35H35N3O3. The van der Waals surface area contributed by atoms with E-state index in [1.165, 1.54) is 11.8 Å². The zero-order valence-electron chi connectivity index (χ0n) is 23.7. The third-order valence-corrected chi connectivity index (χ3v) is 7.92. The minimum atomic E-state index is -0.885. The highest BCUT2D eigenvalue weighted by Gasteiger charge is 2.48. The number of hydrogen-bond donors (Lipinski definition) is 0. The van der Waals surface area contributed by atoms with Gasteiger partial charge in [-0.15, -0.1) is 0 Å². The summed E-state index contributed by atoms with van der Waals surface area (Å²) in [5.74, 6) is -0.476. The lowest BCUT2D eigenvalue weighted by molar-refractivity contribution is -0.136. The number of carbonyl (C=O) groups excluding carboxylic acids is 3. The van der Waals surface area contributed by atoms with Gasteiger partial charge >= 0.3 is 6.03 Å². The third-order valence-electron chi connectivity index (χ3n) is 7.92. The molecule has 208 valence electrons. The molecule has 0 aromatic heterocycles. The number of Topliss-reactive ketones (excluding diaryl/α,β-unsaturated/α-hetero) is 1. The second-order valence-corrected chi connectivity index (χ2v) is 10.6. The van der Waals surface area contributed by atoms with E-state index in [0.29, 0.717) is 24.2 Å². The third kappa shape index (κ3) is 5.83. The van der Waals surface area contributed by atoms with E-state index in [1.54, 1.807) is 18.0 Å². The second kappa shape index (κ2) is 12.3. The molecule has 0 N–H and O–H groups in total. The van der Waals surface area contributed by atoms with Crippen LogP contribution in [0, 0.1) is 0 Å². The van der Waals surface area contributed by atoms with Crippen molar-refractivity contribution in [1.82, 2.24) is 14.7 Å². The quantitative estimate of drug-likeness (QED) is 0.221. The van der Waals surface area contributed by atoms with Gasteiger partial charge in [-0.05, 0) is 36.1 Å². The number of hydrogen-bond acceptors (Lipinski definition) is 4. The molecule has 1 aliphatic rings. The van der Waals surface area contributed by atoms with Crippen LogP contribution in [-0.4, -0.2) is 45.5 Å². The van der Waals surface area contributed by atoms with Crippen LogP contribution in [0.1, 0.15) is 58.5 Å². The van der Waals surface area contributed by atoms with Crippen LogP contribution in [0.25, 0.3) is 0 Å². The minimum absolute atomic E-state index is 0.129. The molecule has 0 bridgehead atoms. The van der Waals surface area contributed by atoms with E-state index in [-0.39, 0.29) is 23.8 Å². The standard InChI is InChI=1S/C35H35N3O3/c1-25-32(29-19-11-6-12-20-29)38(35(41)36(25)3)34(40)33(31-22-14-13-21-30(31)26(2)39)37(23-27-15-7-4-8-16-27)24-28-17-9-5-10-18-28/h4-22,25,32-33H,23-24H2,1-3H3/t25-,32-,33-/m0/s1. The molecule has 0 saturated carbocycles. The van der Waals surface area contributed by atoms with Gasteiger partial charge in [-0.2, -0.15) is 0 Å². The summed E-state index contributed by atoms with van der Waals surface area (Å²) in [4.78, 5) is 46.7. The van der Waals surface area contributed by atoms with Crippen LogP contribution in [0.2, 0.25) is 0 Å². The van der Waals surface area contributed by atoms with Crippen LogP contribution in [0.15, 0.2) is 115 Å². The highest BCUT2D eigenvalue weighted by Crippen LogP contribution is 2.39. The van der Waals surface area contributed by atoms with E-state index in [9.17, 15) is 14.4 Å². The molecule has 4 aromatic rings. The number of carbonyl (C=O) groups is 3. The monoisotopic (exact) mass is 545 g/mol. The fourth-order valence-electron chi connectivity index (χ4n) is 5.75. The maximum Gasteiger partial charge on any atom is 0.327 e. The van der Waals surface area contributed by atoms with Crippen LogP contribution in [0.3, 0.4) is 0 Å². The van der Waals surface area contributed by atoms with Gasteiger partial charge in [-0.1, -0.05) is 115 Å². The van der Waals surface area contributed by atoms with Gasteiger partial charge in [0.1, 0.15) is 6.04 Å². The van der Waals surface area contributed by atoms with E-state index < -0.39 is 12.1 Å². The summed E-state index contributed by atoms with van der Waals surface area (Å²) in [6.45, 7) is 4.37. The van der Waals surface area contributed by atoms with Gasteiger partial charge in [0.15, 0.2) is 5.78 Å². The Hall–Kier alpha value is -4.55. The van der Waals surface area contributed by atoms with Crippen LogP contribution in [0.4, 0.5) is 4.79 Å². The van der Waals surface area contributed by atoms with Crippen LogP contribution in [0.5, 0.6) is 0 Å². The summed E-state index contributed by atoms with van der Waals surface area (Å²) in [6.07, 6.45) is 0. The Kier molecular flexibility index (Phi) is 8.41. The number of rotatable bonds is 9. The maximum atomic E-state index is 15.0. The Morgan fingerprint density at radius 2 is 1.24 bits per heavy atom. The Labute approximate surface area is 241 Å².